The van der Waals surface area contributed by atoms with Crippen molar-refractivity contribution in [1.82, 2.24) is 5.32 Å². The Hall–Kier alpha value is -1.37. The summed E-state index contributed by atoms with van der Waals surface area (Å²) in [6, 6.07) is 8.07. The third-order valence-electron chi connectivity index (χ3n) is 4.18. The second kappa shape index (κ2) is 6.02. The summed E-state index contributed by atoms with van der Waals surface area (Å²) >= 11 is 0. The van der Waals surface area contributed by atoms with E-state index in [1.807, 2.05) is 6.07 Å². The summed E-state index contributed by atoms with van der Waals surface area (Å²) in [6.07, 6.45) is -2.68. The monoisotopic (exact) mass is 323 g/mol. The molecule has 1 aliphatic rings. The molecule has 0 saturated heterocycles. The average molecular weight is 323 g/mol. The van der Waals surface area contributed by atoms with E-state index in [4.69, 9.17) is 4.74 Å². The molecule has 6 heteroatoms. The number of carbonyl (C=O) groups excluding carboxylic acids is 1. The van der Waals surface area contributed by atoms with Crippen molar-refractivity contribution >= 4 is 14.2 Å². The number of nitrogens with one attached hydrogen (secondary N) is 1. The molecule has 0 aromatic heterocycles. The van der Waals surface area contributed by atoms with Gasteiger partial charge in [0.25, 0.3) is 0 Å². The predicted molar refractivity (Wildman–Crippen MR) is 87.4 cm³/mol. The standard InChI is InChI=1S/C16H25NO4Si/c1-16(17-15(20)21-9-10-22(2,3)4)12-8-6-5-7-11(12)13(18)14(16)19/h5-8,13-14,18-19H,9-10H2,1-4H3,(H,17,20)/t13-,14+,16+/m0/s1. The number of aliphatic hydroxyl groups excluding tert-OH is 2. The van der Waals surface area contributed by atoms with E-state index >= 15 is 0 Å². The molecule has 1 aliphatic carbocycles. The minimum atomic E-state index is -1.26. The van der Waals surface area contributed by atoms with Gasteiger partial charge in [-0.05, 0) is 24.1 Å². The van der Waals surface area contributed by atoms with E-state index in [1.165, 1.54) is 0 Å². The lowest BCUT2D eigenvalue weighted by atomic mass is 9.92. The highest BCUT2D eigenvalue weighted by molar-refractivity contribution is 6.76. The van der Waals surface area contributed by atoms with Crippen molar-refractivity contribution in [3.8, 4) is 0 Å². The number of rotatable bonds is 4. The van der Waals surface area contributed by atoms with Gasteiger partial charge < -0.3 is 20.3 Å². The molecular formula is C16H25NO4Si. The lowest BCUT2D eigenvalue weighted by Gasteiger charge is -2.31. The van der Waals surface area contributed by atoms with Crippen molar-refractivity contribution in [2.75, 3.05) is 6.61 Å². The molecule has 1 aromatic rings. The van der Waals surface area contributed by atoms with Crippen LogP contribution < -0.4 is 5.32 Å². The van der Waals surface area contributed by atoms with E-state index < -0.39 is 31.9 Å². The van der Waals surface area contributed by atoms with Crippen LogP contribution in [0, 0.1) is 0 Å². The molecule has 2 rings (SSSR count). The molecule has 0 spiro atoms. The first-order chi connectivity index (χ1) is 10.1. The van der Waals surface area contributed by atoms with Gasteiger partial charge in [0.15, 0.2) is 0 Å². The van der Waals surface area contributed by atoms with E-state index in [-0.39, 0.29) is 0 Å². The summed E-state index contributed by atoms with van der Waals surface area (Å²) in [7, 11) is -1.26. The van der Waals surface area contributed by atoms with E-state index in [1.54, 1.807) is 25.1 Å². The maximum atomic E-state index is 12.0. The van der Waals surface area contributed by atoms with Crippen LogP contribution in [0.3, 0.4) is 0 Å². The van der Waals surface area contributed by atoms with Crippen LogP contribution in [0.2, 0.25) is 25.7 Å². The minimum Gasteiger partial charge on any atom is -0.450 e. The number of carbonyl (C=O) groups is 1. The van der Waals surface area contributed by atoms with Crippen molar-refractivity contribution in [2.45, 2.75) is 50.4 Å². The zero-order valence-electron chi connectivity index (χ0n) is 13.6. The molecule has 22 heavy (non-hydrogen) atoms. The maximum absolute atomic E-state index is 12.0. The SMILES string of the molecule is C[C@@]1(NC(=O)OCC[Si](C)(C)C)c2ccccc2[C@H](O)[C@H]1O. The normalized spacial score (nSPS) is 27.4. The zero-order valence-corrected chi connectivity index (χ0v) is 14.6. The van der Waals surface area contributed by atoms with Gasteiger partial charge in [0, 0.05) is 8.07 Å². The Morgan fingerprint density at radius 3 is 2.59 bits per heavy atom. The van der Waals surface area contributed by atoms with Gasteiger partial charge in [-0.3, -0.25) is 0 Å². The molecular weight excluding hydrogens is 298 g/mol. The lowest BCUT2D eigenvalue weighted by molar-refractivity contribution is -0.0202. The van der Waals surface area contributed by atoms with E-state index in [2.05, 4.69) is 25.0 Å². The van der Waals surface area contributed by atoms with Gasteiger partial charge in [0.05, 0.1) is 12.1 Å². The molecule has 0 saturated carbocycles. The molecule has 122 valence electrons. The predicted octanol–water partition coefficient (Wildman–Crippen LogP) is 2.37. The fraction of sp³-hybridized carbons (Fsp3) is 0.562. The van der Waals surface area contributed by atoms with Crippen LogP contribution in [0.5, 0.6) is 0 Å². The largest absolute Gasteiger partial charge is 0.450 e. The number of benzene rings is 1. The first kappa shape index (κ1) is 17.0. The number of alkyl carbamates (subject to hydrolysis) is 1. The molecule has 3 atom stereocenters. The molecule has 3 N–H and O–H groups in total. The Morgan fingerprint density at radius 2 is 1.95 bits per heavy atom. The second-order valence-electron chi connectivity index (χ2n) is 7.25. The van der Waals surface area contributed by atoms with E-state index in [9.17, 15) is 15.0 Å². The Kier molecular flexibility index (Phi) is 4.65. The van der Waals surface area contributed by atoms with Crippen LogP contribution in [0.25, 0.3) is 0 Å². The Morgan fingerprint density at radius 1 is 1.32 bits per heavy atom. The maximum Gasteiger partial charge on any atom is 0.407 e. The van der Waals surface area contributed by atoms with Crippen LogP contribution in [0.15, 0.2) is 24.3 Å². The fourth-order valence-electron chi connectivity index (χ4n) is 2.71. The average Bonchev–Trinajstić information content (AvgIpc) is 2.60. The summed E-state index contributed by atoms with van der Waals surface area (Å²) in [5.41, 5.74) is 0.309. The first-order valence-corrected chi connectivity index (χ1v) is 11.3. The van der Waals surface area contributed by atoms with Crippen LogP contribution in [-0.4, -0.2) is 37.1 Å². The number of aliphatic hydroxyl groups is 2. The van der Waals surface area contributed by atoms with Gasteiger partial charge in [0.2, 0.25) is 0 Å². The summed E-state index contributed by atoms with van der Waals surface area (Å²) in [5.74, 6) is 0. The van der Waals surface area contributed by atoms with Gasteiger partial charge in [-0.2, -0.15) is 0 Å². The van der Waals surface area contributed by atoms with Crippen molar-refractivity contribution in [3.63, 3.8) is 0 Å². The highest BCUT2D eigenvalue weighted by Gasteiger charge is 2.49. The Bertz CT molecular complexity index is 557. The summed E-state index contributed by atoms with van der Waals surface area (Å²) in [5, 5.41) is 23.2. The molecule has 0 fully saturated rings. The molecule has 1 amide bonds. The smallest absolute Gasteiger partial charge is 0.407 e. The molecule has 0 heterocycles. The molecule has 5 nitrogen and oxygen atoms in total. The van der Waals surface area contributed by atoms with Gasteiger partial charge in [-0.1, -0.05) is 43.9 Å². The lowest BCUT2D eigenvalue weighted by Crippen LogP contribution is -2.50. The summed E-state index contributed by atoms with van der Waals surface area (Å²) in [6.45, 7) is 8.71. The molecule has 0 bridgehead atoms. The van der Waals surface area contributed by atoms with E-state index in [0.717, 1.165) is 11.6 Å². The number of hydrogen-bond donors (Lipinski definition) is 3. The van der Waals surface area contributed by atoms with Gasteiger partial charge in [0.1, 0.15) is 12.2 Å². The van der Waals surface area contributed by atoms with Crippen LogP contribution in [0.1, 0.15) is 24.2 Å². The number of fused-ring (bicyclic) bond motifs is 1. The van der Waals surface area contributed by atoms with Crippen molar-refractivity contribution in [1.29, 1.82) is 0 Å². The summed E-state index contributed by atoms with van der Waals surface area (Å²) in [4.78, 5) is 12.0. The van der Waals surface area contributed by atoms with Crippen LogP contribution >= 0.6 is 0 Å². The molecule has 0 aliphatic heterocycles. The minimum absolute atomic E-state index is 0.373. The topological polar surface area (TPSA) is 78.8 Å². The van der Waals surface area contributed by atoms with Crippen molar-refractivity contribution < 1.29 is 19.7 Å². The molecule has 0 unspecified atom stereocenters. The number of hydrogen-bond acceptors (Lipinski definition) is 4. The van der Waals surface area contributed by atoms with Gasteiger partial charge >= 0.3 is 6.09 Å². The second-order valence-corrected chi connectivity index (χ2v) is 12.9. The fourth-order valence-corrected chi connectivity index (χ4v) is 3.43. The number of amides is 1. The van der Waals surface area contributed by atoms with Crippen molar-refractivity contribution in [3.05, 3.63) is 35.4 Å². The molecule has 1 aromatic carbocycles. The van der Waals surface area contributed by atoms with Crippen LogP contribution in [0.4, 0.5) is 4.79 Å². The molecule has 0 radical (unpaired) electrons. The Balaban J connectivity index is 2.07. The third-order valence-corrected chi connectivity index (χ3v) is 5.88. The zero-order chi connectivity index (χ0) is 16.5. The number of ether oxygens (including phenoxy) is 1. The van der Waals surface area contributed by atoms with Crippen LogP contribution in [-0.2, 0) is 10.3 Å². The first-order valence-electron chi connectivity index (χ1n) is 7.55. The highest BCUT2D eigenvalue weighted by Crippen LogP contribution is 2.43. The van der Waals surface area contributed by atoms with Gasteiger partial charge in [-0.25, -0.2) is 4.79 Å². The Labute approximate surface area is 132 Å². The van der Waals surface area contributed by atoms with E-state index in [0.29, 0.717) is 12.2 Å². The van der Waals surface area contributed by atoms with Crippen molar-refractivity contribution in [2.24, 2.45) is 0 Å². The third kappa shape index (κ3) is 3.34. The summed E-state index contributed by atoms with van der Waals surface area (Å²) < 4.78 is 5.24. The van der Waals surface area contributed by atoms with Gasteiger partial charge in [-0.15, -0.1) is 0 Å². The quantitative estimate of drug-likeness (QED) is 0.743. The highest BCUT2D eigenvalue weighted by atomic mass is 28.3.